The highest BCUT2D eigenvalue weighted by molar-refractivity contribution is 5.98. The first-order valence-electron chi connectivity index (χ1n) is 22.4. The van der Waals surface area contributed by atoms with E-state index in [0.717, 1.165) is 13.0 Å². The Balaban J connectivity index is 1.60. The number of aromatic nitrogens is 3. The number of hydrogen-bond acceptors (Lipinski definition) is 17. The fourth-order valence-corrected chi connectivity index (χ4v) is 5.63. The van der Waals surface area contributed by atoms with E-state index in [1.165, 1.54) is 0 Å². The van der Waals surface area contributed by atoms with Crippen molar-refractivity contribution in [2.24, 2.45) is 16.8 Å². The molecular formula is C43H72N10O14. The van der Waals surface area contributed by atoms with Gasteiger partial charge in [0.25, 0.3) is 5.91 Å². The van der Waals surface area contributed by atoms with Crippen molar-refractivity contribution < 1.29 is 66.7 Å². The molecule has 2 atom stereocenters. The number of rotatable bonds is 41. The van der Waals surface area contributed by atoms with Gasteiger partial charge in [0, 0.05) is 25.6 Å². The van der Waals surface area contributed by atoms with Gasteiger partial charge in [-0.1, -0.05) is 38.1 Å². The molecule has 0 aliphatic heterocycles. The zero-order valence-electron chi connectivity index (χ0n) is 39.2. The van der Waals surface area contributed by atoms with Gasteiger partial charge in [-0.15, -0.1) is 10.3 Å². The number of ether oxygens (including phenoxy) is 8. The van der Waals surface area contributed by atoms with Crippen LogP contribution in [0.3, 0.4) is 0 Å². The molecule has 1 aromatic heterocycles. The van der Waals surface area contributed by atoms with E-state index in [2.05, 4.69) is 60.5 Å². The molecule has 0 aliphatic rings. The number of nitrogens with two attached hydrogens (primary N) is 1. The first kappa shape index (κ1) is 57.6. The molecule has 67 heavy (non-hydrogen) atoms. The molecule has 0 bridgehead atoms. The Hall–Kier alpha value is -5.50. The smallest absolute Gasteiger partial charge is 0.407 e. The summed E-state index contributed by atoms with van der Waals surface area (Å²) in [7, 11) is 0. The van der Waals surface area contributed by atoms with E-state index in [1.54, 1.807) is 35.1 Å². The monoisotopic (exact) mass is 953 g/mol. The SMILES string of the molecule is C=NOCC(=O)N[C@@H](CC(C)C)C(=O)N[C@@H](CCCNC(N)=O)C(=O)Nc1ccc(COC(=O)NCc2cn(CCOCCOCCOCCOCCOCCOCCOCCC)nn2)cc1. The lowest BCUT2D eigenvalue weighted by atomic mass is 10.0. The maximum Gasteiger partial charge on any atom is 0.407 e. The van der Waals surface area contributed by atoms with Crippen LogP contribution in [-0.4, -0.2) is 169 Å². The van der Waals surface area contributed by atoms with E-state index in [-0.39, 0.29) is 38.5 Å². The Morgan fingerprint density at radius 2 is 1.31 bits per heavy atom. The number of benzene rings is 1. The fraction of sp³-hybridized carbons (Fsp3) is 0.674. The van der Waals surface area contributed by atoms with Crippen LogP contribution in [0.1, 0.15) is 57.7 Å². The largest absolute Gasteiger partial charge is 0.445 e. The molecule has 24 nitrogen and oxygen atoms in total. The molecule has 6 amide bonds. The van der Waals surface area contributed by atoms with Crippen LogP contribution in [0.4, 0.5) is 15.3 Å². The fourth-order valence-electron chi connectivity index (χ4n) is 5.63. The topological polar surface area (TPSA) is 298 Å². The summed E-state index contributed by atoms with van der Waals surface area (Å²) in [4.78, 5) is 67.2. The van der Waals surface area contributed by atoms with E-state index in [9.17, 15) is 24.0 Å². The van der Waals surface area contributed by atoms with E-state index in [1.807, 2.05) is 13.8 Å². The van der Waals surface area contributed by atoms with Gasteiger partial charge < -0.3 is 75.1 Å². The van der Waals surface area contributed by atoms with Crippen molar-refractivity contribution in [1.82, 2.24) is 36.3 Å². The number of nitrogens with zero attached hydrogens (tertiary/aromatic N) is 4. The van der Waals surface area contributed by atoms with Crippen LogP contribution < -0.4 is 32.3 Å². The van der Waals surface area contributed by atoms with Crippen molar-refractivity contribution in [3.8, 4) is 0 Å². The Morgan fingerprint density at radius 3 is 1.85 bits per heavy atom. The Morgan fingerprint density at radius 1 is 0.746 bits per heavy atom. The standard InChI is InChI=1S/C43H72N10O14/c1-5-14-59-16-18-61-20-22-63-24-26-65-27-25-64-23-21-62-19-17-60-15-13-53-30-36(51-52-53)29-47-43(58)66-31-34-8-10-35(11-9-34)48-40(55)37(7-6-12-46-42(44)57)50-41(56)38(28-33(2)3)49-39(54)32-67-45-4/h8-11,30,33,37-38H,4-7,12-29,31-32H2,1-3H3,(H,47,58)(H,48,55)(H,49,54)(H,50,56)(H3,44,46,57)/t37-,38-/m0/s1. The van der Waals surface area contributed by atoms with Gasteiger partial charge in [-0.2, -0.15) is 0 Å². The lowest BCUT2D eigenvalue weighted by Crippen LogP contribution is -2.53. The lowest BCUT2D eigenvalue weighted by Gasteiger charge is -2.24. The molecule has 2 rings (SSSR count). The second-order valence-electron chi connectivity index (χ2n) is 15.0. The number of carbonyl (C=O) groups excluding carboxylic acids is 5. The van der Waals surface area contributed by atoms with Gasteiger partial charge in [0.2, 0.25) is 11.8 Å². The number of hydrogen-bond donors (Lipinski definition) is 6. The van der Waals surface area contributed by atoms with Gasteiger partial charge in [-0.05, 0) is 49.3 Å². The highest BCUT2D eigenvalue weighted by Gasteiger charge is 2.27. The van der Waals surface area contributed by atoms with Crippen molar-refractivity contribution >= 4 is 42.3 Å². The van der Waals surface area contributed by atoms with Crippen LogP contribution in [0, 0.1) is 5.92 Å². The predicted molar refractivity (Wildman–Crippen MR) is 244 cm³/mol. The summed E-state index contributed by atoms with van der Waals surface area (Å²) in [5.41, 5.74) is 6.74. The maximum atomic E-state index is 13.4. The van der Waals surface area contributed by atoms with Crippen LogP contribution in [-0.2, 0) is 76.8 Å². The Bertz CT molecular complexity index is 1670. The number of amides is 6. The molecule has 1 heterocycles. The van der Waals surface area contributed by atoms with Crippen LogP contribution in [0.2, 0.25) is 0 Å². The molecule has 24 heteroatoms. The minimum Gasteiger partial charge on any atom is -0.445 e. The predicted octanol–water partition coefficient (Wildman–Crippen LogP) is 1.27. The number of anilines is 1. The molecule has 7 N–H and O–H groups in total. The number of oxime groups is 1. The summed E-state index contributed by atoms with van der Waals surface area (Å²) in [6, 6.07) is 3.86. The summed E-state index contributed by atoms with van der Waals surface area (Å²) >= 11 is 0. The minimum atomic E-state index is -1.03. The van der Waals surface area contributed by atoms with Crippen molar-refractivity contribution in [1.29, 1.82) is 0 Å². The molecule has 0 unspecified atom stereocenters. The zero-order chi connectivity index (χ0) is 48.7. The quantitative estimate of drug-likeness (QED) is 0.0311. The molecule has 0 spiro atoms. The highest BCUT2D eigenvalue weighted by atomic mass is 16.6. The van der Waals surface area contributed by atoms with Gasteiger partial charge in [0.05, 0.1) is 105 Å². The average Bonchev–Trinajstić information content (AvgIpc) is 3.77. The zero-order valence-corrected chi connectivity index (χ0v) is 39.2. The highest BCUT2D eigenvalue weighted by Crippen LogP contribution is 2.13. The Kier molecular flexibility index (Phi) is 32.3. The first-order chi connectivity index (χ1) is 32.5. The minimum absolute atomic E-state index is 0.0263. The van der Waals surface area contributed by atoms with Gasteiger partial charge in [0.15, 0.2) is 6.61 Å². The lowest BCUT2D eigenvalue weighted by molar-refractivity contribution is -0.133. The maximum absolute atomic E-state index is 13.4. The number of alkyl carbamates (subject to hydrolysis) is 1. The van der Waals surface area contributed by atoms with E-state index < -0.39 is 48.5 Å². The van der Waals surface area contributed by atoms with Crippen molar-refractivity contribution in [2.45, 2.75) is 78.2 Å². The summed E-state index contributed by atoms with van der Waals surface area (Å²) in [6.45, 7) is 16.2. The van der Waals surface area contributed by atoms with Crippen molar-refractivity contribution in [3.05, 3.63) is 41.7 Å². The van der Waals surface area contributed by atoms with Gasteiger partial charge in [-0.3, -0.25) is 14.4 Å². The van der Waals surface area contributed by atoms with Crippen LogP contribution in [0.5, 0.6) is 0 Å². The van der Waals surface area contributed by atoms with Gasteiger partial charge in [0.1, 0.15) is 24.4 Å². The van der Waals surface area contributed by atoms with Crippen LogP contribution in [0.25, 0.3) is 0 Å². The molecule has 378 valence electrons. The average molecular weight is 953 g/mol. The number of urea groups is 1. The Labute approximate surface area is 392 Å². The van der Waals surface area contributed by atoms with Crippen molar-refractivity contribution in [2.75, 3.05) is 111 Å². The molecular weight excluding hydrogens is 881 g/mol. The molecule has 0 radical (unpaired) electrons. The first-order valence-corrected chi connectivity index (χ1v) is 22.4. The molecule has 0 saturated heterocycles. The number of nitrogens with one attached hydrogen (secondary N) is 5. The number of carbonyl (C=O) groups is 5. The van der Waals surface area contributed by atoms with Crippen LogP contribution >= 0.6 is 0 Å². The summed E-state index contributed by atoms with van der Waals surface area (Å²) in [5.74, 6) is -1.66. The molecule has 2 aromatic rings. The molecule has 1 aromatic carbocycles. The third kappa shape index (κ3) is 30.4. The molecule has 0 saturated carbocycles. The normalized spacial score (nSPS) is 11.9. The second kappa shape index (κ2) is 37.6. The van der Waals surface area contributed by atoms with E-state index in [4.69, 9.17) is 43.6 Å². The second-order valence-corrected chi connectivity index (χ2v) is 15.0. The van der Waals surface area contributed by atoms with Gasteiger partial charge >= 0.3 is 12.1 Å². The molecule has 0 aliphatic carbocycles. The van der Waals surface area contributed by atoms with E-state index >= 15 is 0 Å². The number of primary amides is 1. The van der Waals surface area contributed by atoms with E-state index in [0.29, 0.717) is 116 Å². The molecule has 0 fully saturated rings. The summed E-state index contributed by atoms with van der Waals surface area (Å²) in [6.07, 6.45) is 2.77. The third-order valence-corrected chi connectivity index (χ3v) is 8.88. The van der Waals surface area contributed by atoms with Crippen LogP contribution in [0.15, 0.2) is 35.6 Å². The summed E-state index contributed by atoms with van der Waals surface area (Å²) in [5, 5.41) is 24.5. The van der Waals surface area contributed by atoms with Gasteiger partial charge in [-0.25, -0.2) is 14.3 Å². The summed E-state index contributed by atoms with van der Waals surface area (Å²) < 4.78 is 45.2. The third-order valence-electron chi connectivity index (χ3n) is 8.88. The van der Waals surface area contributed by atoms with Crippen molar-refractivity contribution in [3.63, 3.8) is 0 Å².